The fraction of sp³-hybridized carbons (Fsp3) is 0.120. The summed E-state index contributed by atoms with van der Waals surface area (Å²) < 4.78 is 97.7. The molecule has 0 atom stereocenters. The van der Waals surface area contributed by atoms with Gasteiger partial charge in [-0.25, -0.2) is 18.3 Å². The first kappa shape index (κ1) is 25.9. The topological polar surface area (TPSA) is 77.1 Å². The smallest absolute Gasteiger partial charge is 0.304 e. The number of amides is 1. The number of alkyl halides is 5. The second-order valence-electron chi connectivity index (χ2n) is 8.35. The molecule has 0 saturated heterocycles. The molecule has 0 spiro atoms. The third-order valence-corrected chi connectivity index (χ3v) is 5.65. The molecule has 0 fully saturated rings. The Balaban J connectivity index is 1.48. The standard InChI is InChI=1S/C25H15F7N6O/c26-16-7-5-14(6-8-16)18-11-20(24(28,29)25(30,31)32)38-22(33-18)12-19(35-38)23(39)34-21-9-10-37(36-21)13-15-3-1-2-4-17(15)27/h1-12H,13H2,(H,34,36,39). The van der Waals surface area contributed by atoms with E-state index in [-0.39, 0.29) is 28.1 Å². The number of rotatable bonds is 6. The minimum atomic E-state index is -5.99. The molecule has 14 heteroatoms. The molecule has 0 bridgehead atoms. The number of fused-ring (bicyclic) bond motifs is 1. The molecule has 3 heterocycles. The lowest BCUT2D eigenvalue weighted by Crippen LogP contribution is -2.36. The molecule has 0 aliphatic carbocycles. The second kappa shape index (κ2) is 9.53. The zero-order chi connectivity index (χ0) is 27.9. The molecule has 2 aromatic carbocycles. The first-order valence-electron chi connectivity index (χ1n) is 11.1. The molecule has 1 amide bonds. The van der Waals surface area contributed by atoms with Gasteiger partial charge in [-0.15, -0.1) is 0 Å². The van der Waals surface area contributed by atoms with E-state index in [1.807, 2.05) is 0 Å². The summed E-state index contributed by atoms with van der Waals surface area (Å²) in [7, 11) is 0. The van der Waals surface area contributed by atoms with Crippen LogP contribution in [0.3, 0.4) is 0 Å². The van der Waals surface area contributed by atoms with Gasteiger partial charge in [0.2, 0.25) is 0 Å². The molecule has 5 rings (SSSR count). The van der Waals surface area contributed by atoms with Gasteiger partial charge in [0.05, 0.1) is 12.2 Å². The lowest BCUT2D eigenvalue weighted by Gasteiger charge is -2.21. The van der Waals surface area contributed by atoms with Gasteiger partial charge >= 0.3 is 12.1 Å². The molecule has 200 valence electrons. The number of nitrogens with zero attached hydrogens (tertiary/aromatic N) is 5. The van der Waals surface area contributed by atoms with Crippen molar-refractivity contribution in [1.29, 1.82) is 0 Å². The van der Waals surface area contributed by atoms with E-state index in [0.717, 1.165) is 30.3 Å². The number of carbonyl (C=O) groups excluding carboxylic acids is 1. The van der Waals surface area contributed by atoms with E-state index in [1.165, 1.54) is 29.1 Å². The maximum absolute atomic E-state index is 14.5. The predicted molar refractivity (Wildman–Crippen MR) is 124 cm³/mol. The fourth-order valence-electron chi connectivity index (χ4n) is 3.72. The van der Waals surface area contributed by atoms with Crippen LogP contribution in [-0.2, 0) is 12.5 Å². The average Bonchev–Trinajstić information content (AvgIpc) is 3.51. The van der Waals surface area contributed by atoms with Crippen molar-refractivity contribution in [3.05, 3.63) is 102 Å². The molecule has 1 N–H and O–H groups in total. The molecule has 39 heavy (non-hydrogen) atoms. The van der Waals surface area contributed by atoms with E-state index in [2.05, 4.69) is 20.5 Å². The summed E-state index contributed by atoms with van der Waals surface area (Å²) in [5.74, 6) is -7.45. The molecule has 5 aromatic rings. The maximum atomic E-state index is 14.5. The summed E-state index contributed by atoms with van der Waals surface area (Å²) in [5.41, 5.74) is -2.52. The molecule has 0 aliphatic heterocycles. The number of nitrogens with one attached hydrogen (secondary N) is 1. The monoisotopic (exact) mass is 548 g/mol. The Bertz CT molecular complexity index is 1670. The SMILES string of the molecule is O=C(Nc1ccn(Cc2ccccc2F)n1)c1cc2nc(-c3ccc(F)cc3)cc(C(F)(F)C(F)(F)F)n2n1. The number of halogens is 7. The highest BCUT2D eigenvalue weighted by atomic mass is 19.4. The molecular formula is C25H15F7N6O. The molecule has 7 nitrogen and oxygen atoms in total. The van der Waals surface area contributed by atoms with Crippen molar-refractivity contribution in [2.24, 2.45) is 0 Å². The third kappa shape index (κ3) is 5.04. The number of carbonyl (C=O) groups is 1. The largest absolute Gasteiger partial charge is 0.459 e. The van der Waals surface area contributed by atoms with Gasteiger partial charge in [-0.05, 0) is 36.4 Å². The van der Waals surface area contributed by atoms with Crippen LogP contribution in [0.1, 0.15) is 21.7 Å². The summed E-state index contributed by atoms with van der Waals surface area (Å²) in [6, 6.07) is 13.1. The second-order valence-corrected chi connectivity index (χ2v) is 8.35. The maximum Gasteiger partial charge on any atom is 0.459 e. The molecule has 0 aliphatic rings. The highest BCUT2D eigenvalue weighted by molar-refractivity contribution is 6.03. The van der Waals surface area contributed by atoms with Crippen molar-refractivity contribution in [2.45, 2.75) is 18.6 Å². The minimum absolute atomic E-state index is 0.00537. The first-order valence-corrected chi connectivity index (χ1v) is 11.1. The van der Waals surface area contributed by atoms with Gasteiger partial charge in [-0.1, -0.05) is 18.2 Å². The number of anilines is 1. The zero-order valence-electron chi connectivity index (χ0n) is 19.4. The highest BCUT2D eigenvalue weighted by Crippen LogP contribution is 2.44. The van der Waals surface area contributed by atoms with E-state index in [1.54, 1.807) is 12.1 Å². The van der Waals surface area contributed by atoms with Crippen LogP contribution in [-0.4, -0.2) is 36.5 Å². The van der Waals surface area contributed by atoms with E-state index in [9.17, 15) is 35.5 Å². The lowest BCUT2D eigenvalue weighted by atomic mass is 10.1. The van der Waals surface area contributed by atoms with E-state index >= 15 is 0 Å². The summed E-state index contributed by atoms with van der Waals surface area (Å²) in [5, 5.41) is 10.1. The van der Waals surface area contributed by atoms with E-state index in [4.69, 9.17) is 0 Å². The first-order chi connectivity index (χ1) is 18.4. The van der Waals surface area contributed by atoms with Crippen molar-refractivity contribution in [3.8, 4) is 11.3 Å². The van der Waals surface area contributed by atoms with E-state index < -0.39 is 46.7 Å². The molecular weight excluding hydrogens is 533 g/mol. The Morgan fingerprint density at radius 2 is 1.62 bits per heavy atom. The molecule has 0 unspecified atom stereocenters. The van der Waals surface area contributed by atoms with Gasteiger partial charge in [-0.2, -0.15) is 32.1 Å². The number of hydrogen-bond donors (Lipinski definition) is 1. The fourth-order valence-corrected chi connectivity index (χ4v) is 3.72. The summed E-state index contributed by atoms with van der Waals surface area (Å²) in [6.45, 7) is 0.0445. The molecule has 0 radical (unpaired) electrons. The van der Waals surface area contributed by atoms with Crippen LogP contribution in [0, 0.1) is 11.6 Å². The minimum Gasteiger partial charge on any atom is -0.304 e. The van der Waals surface area contributed by atoms with Gasteiger partial charge < -0.3 is 5.32 Å². The third-order valence-electron chi connectivity index (χ3n) is 5.65. The number of benzene rings is 2. The van der Waals surface area contributed by atoms with E-state index in [0.29, 0.717) is 11.6 Å². The average molecular weight is 548 g/mol. The van der Waals surface area contributed by atoms with Gasteiger partial charge in [0.1, 0.15) is 17.3 Å². The van der Waals surface area contributed by atoms with Gasteiger partial charge in [0.25, 0.3) is 5.91 Å². The van der Waals surface area contributed by atoms with Crippen LogP contribution in [0.25, 0.3) is 16.9 Å². The Hall–Kier alpha value is -4.75. The Labute approximate surface area is 214 Å². The summed E-state index contributed by atoms with van der Waals surface area (Å²) >= 11 is 0. The van der Waals surface area contributed by atoms with Crippen molar-refractivity contribution in [1.82, 2.24) is 24.4 Å². The van der Waals surface area contributed by atoms with Crippen LogP contribution >= 0.6 is 0 Å². The Morgan fingerprint density at radius 3 is 2.31 bits per heavy atom. The van der Waals surface area contributed by atoms with Crippen LogP contribution in [0.15, 0.2) is 72.9 Å². The van der Waals surface area contributed by atoms with Crippen LogP contribution in [0.2, 0.25) is 0 Å². The zero-order valence-corrected chi connectivity index (χ0v) is 19.4. The van der Waals surface area contributed by atoms with Crippen molar-refractivity contribution in [3.63, 3.8) is 0 Å². The van der Waals surface area contributed by atoms with Crippen LogP contribution < -0.4 is 5.32 Å². The van der Waals surface area contributed by atoms with Crippen LogP contribution in [0.4, 0.5) is 36.6 Å². The lowest BCUT2D eigenvalue weighted by molar-refractivity contribution is -0.291. The normalized spacial score (nSPS) is 12.2. The van der Waals surface area contributed by atoms with Gasteiger partial charge in [0, 0.05) is 29.5 Å². The van der Waals surface area contributed by atoms with Crippen LogP contribution in [0.5, 0.6) is 0 Å². The molecule has 3 aromatic heterocycles. The van der Waals surface area contributed by atoms with Gasteiger partial charge in [0.15, 0.2) is 17.2 Å². The summed E-state index contributed by atoms with van der Waals surface area (Å²) in [6.07, 6.45) is -4.54. The Morgan fingerprint density at radius 1 is 0.897 bits per heavy atom. The highest BCUT2D eigenvalue weighted by Gasteiger charge is 2.60. The molecule has 0 saturated carbocycles. The number of hydrogen-bond acceptors (Lipinski definition) is 4. The number of aromatic nitrogens is 5. The quantitative estimate of drug-likeness (QED) is 0.271. The van der Waals surface area contributed by atoms with Crippen molar-refractivity contribution < 1.29 is 35.5 Å². The predicted octanol–water partition coefficient (Wildman–Crippen LogP) is 5.83. The summed E-state index contributed by atoms with van der Waals surface area (Å²) in [4.78, 5) is 16.8. The Kier molecular flexibility index (Phi) is 6.32. The van der Waals surface area contributed by atoms with Crippen molar-refractivity contribution >= 4 is 17.4 Å². The van der Waals surface area contributed by atoms with Gasteiger partial charge in [-0.3, -0.25) is 9.48 Å². The van der Waals surface area contributed by atoms with Crippen molar-refractivity contribution in [2.75, 3.05) is 5.32 Å².